The molecule has 1 saturated heterocycles. The van der Waals surface area contributed by atoms with Crippen molar-refractivity contribution in [3.05, 3.63) is 47.5 Å². The van der Waals surface area contributed by atoms with Crippen molar-refractivity contribution in [3.8, 4) is 5.75 Å². The van der Waals surface area contributed by atoms with Gasteiger partial charge in [-0.15, -0.1) is 0 Å². The fourth-order valence-corrected chi connectivity index (χ4v) is 4.09. The second-order valence-corrected chi connectivity index (χ2v) is 6.83. The van der Waals surface area contributed by atoms with E-state index in [0.29, 0.717) is 5.92 Å². The maximum Gasteiger partial charge on any atom is 0.317 e. The van der Waals surface area contributed by atoms with Crippen LogP contribution in [0.4, 0.5) is 4.79 Å². The molecule has 1 aliphatic heterocycles. The summed E-state index contributed by atoms with van der Waals surface area (Å²) in [6.45, 7) is 1.53. The molecule has 0 saturated carbocycles. The monoisotopic (exact) mass is 340 g/mol. The van der Waals surface area contributed by atoms with E-state index < -0.39 is 0 Å². The number of hydrogen-bond acceptors (Lipinski definition) is 3. The lowest BCUT2D eigenvalue weighted by atomic mass is 9.97. The summed E-state index contributed by atoms with van der Waals surface area (Å²) in [6, 6.07) is 6.17. The maximum absolute atomic E-state index is 12.8. The van der Waals surface area contributed by atoms with Crippen molar-refractivity contribution in [2.45, 2.75) is 37.6 Å². The van der Waals surface area contributed by atoms with Gasteiger partial charge in [-0.25, -0.2) is 9.78 Å². The Kier molecular flexibility index (Phi) is 4.34. The molecule has 2 amide bonds. The molecule has 1 aliphatic carbocycles. The Morgan fingerprint density at radius 2 is 2.32 bits per heavy atom. The van der Waals surface area contributed by atoms with Crippen LogP contribution >= 0.6 is 0 Å². The number of imidazole rings is 1. The van der Waals surface area contributed by atoms with E-state index in [1.165, 1.54) is 11.1 Å². The number of fused-ring (bicyclic) bond motifs is 1. The Morgan fingerprint density at radius 3 is 3.12 bits per heavy atom. The highest BCUT2D eigenvalue weighted by Crippen LogP contribution is 2.37. The smallest absolute Gasteiger partial charge is 0.317 e. The molecule has 2 aliphatic rings. The van der Waals surface area contributed by atoms with Crippen LogP contribution in [0.15, 0.2) is 30.6 Å². The Balaban J connectivity index is 1.43. The number of benzene rings is 1. The van der Waals surface area contributed by atoms with Gasteiger partial charge in [-0.1, -0.05) is 12.1 Å². The highest BCUT2D eigenvalue weighted by Gasteiger charge is 2.30. The van der Waals surface area contributed by atoms with Gasteiger partial charge in [0.15, 0.2) is 0 Å². The number of piperidine rings is 1. The minimum absolute atomic E-state index is 0.0249. The van der Waals surface area contributed by atoms with Crippen LogP contribution in [-0.4, -0.2) is 41.1 Å². The summed E-state index contributed by atoms with van der Waals surface area (Å²) in [6.07, 6.45) is 7.57. The van der Waals surface area contributed by atoms with Gasteiger partial charge < -0.3 is 19.9 Å². The minimum Gasteiger partial charge on any atom is -0.496 e. The summed E-state index contributed by atoms with van der Waals surface area (Å²) in [4.78, 5) is 22.3. The van der Waals surface area contributed by atoms with Crippen molar-refractivity contribution in [1.82, 2.24) is 20.2 Å². The highest BCUT2D eigenvalue weighted by atomic mass is 16.5. The zero-order chi connectivity index (χ0) is 17.2. The topological polar surface area (TPSA) is 70.2 Å². The van der Waals surface area contributed by atoms with Gasteiger partial charge in [0.1, 0.15) is 11.6 Å². The lowest BCUT2D eigenvalue weighted by molar-refractivity contribution is 0.174. The molecule has 25 heavy (non-hydrogen) atoms. The summed E-state index contributed by atoms with van der Waals surface area (Å²) in [7, 11) is 1.70. The van der Waals surface area contributed by atoms with E-state index in [2.05, 4.69) is 21.4 Å². The number of hydrogen-bond donors (Lipinski definition) is 2. The van der Waals surface area contributed by atoms with E-state index in [-0.39, 0.29) is 12.1 Å². The van der Waals surface area contributed by atoms with E-state index in [0.717, 1.165) is 50.3 Å². The number of nitrogens with one attached hydrogen (secondary N) is 2. The molecule has 1 aromatic heterocycles. The van der Waals surface area contributed by atoms with Crippen molar-refractivity contribution in [2.24, 2.45) is 0 Å². The molecule has 1 aromatic carbocycles. The molecule has 132 valence electrons. The van der Waals surface area contributed by atoms with Crippen LogP contribution in [0, 0.1) is 0 Å². The molecule has 1 fully saturated rings. The van der Waals surface area contributed by atoms with Crippen LogP contribution in [0.3, 0.4) is 0 Å². The van der Waals surface area contributed by atoms with Gasteiger partial charge in [0, 0.05) is 31.4 Å². The fourth-order valence-electron chi connectivity index (χ4n) is 4.09. The van der Waals surface area contributed by atoms with Crippen molar-refractivity contribution in [2.75, 3.05) is 20.2 Å². The number of carbonyl (C=O) groups is 1. The summed E-state index contributed by atoms with van der Waals surface area (Å²) in [5.74, 6) is 2.20. The molecular formula is C19H24N4O2. The Morgan fingerprint density at radius 1 is 1.40 bits per heavy atom. The SMILES string of the molecule is COc1cccc2c1CCC2NC(=O)N1CCCC(c2ncc[nH]2)C1. The number of rotatable bonds is 3. The maximum atomic E-state index is 12.8. The van der Waals surface area contributed by atoms with Gasteiger partial charge in [-0.05, 0) is 42.9 Å². The van der Waals surface area contributed by atoms with E-state index in [4.69, 9.17) is 4.74 Å². The molecule has 4 rings (SSSR count). The Bertz CT molecular complexity index is 744. The number of likely N-dealkylation sites (tertiary alicyclic amines) is 1. The molecule has 2 unspecified atom stereocenters. The third-order valence-corrected chi connectivity index (χ3v) is 5.36. The minimum atomic E-state index is 0.0249. The highest BCUT2D eigenvalue weighted by molar-refractivity contribution is 5.75. The molecule has 2 heterocycles. The molecule has 0 radical (unpaired) electrons. The standard InChI is InChI=1S/C19H24N4O2/c1-25-17-6-2-5-14-15(17)7-8-16(14)22-19(24)23-11-3-4-13(12-23)18-20-9-10-21-18/h2,5-6,9-10,13,16H,3-4,7-8,11-12H2,1H3,(H,20,21)(H,22,24). The average molecular weight is 340 g/mol. The second kappa shape index (κ2) is 6.78. The predicted octanol–water partition coefficient (Wildman–Crippen LogP) is 2.99. The van der Waals surface area contributed by atoms with Crippen LogP contribution < -0.4 is 10.1 Å². The van der Waals surface area contributed by atoms with Crippen molar-refractivity contribution < 1.29 is 9.53 Å². The van der Waals surface area contributed by atoms with E-state index in [1.54, 1.807) is 13.3 Å². The van der Waals surface area contributed by atoms with Gasteiger partial charge in [-0.3, -0.25) is 0 Å². The quantitative estimate of drug-likeness (QED) is 0.902. The fraction of sp³-hybridized carbons (Fsp3) is 0.474. The van der Waals surface area contributed by atoms with Gasteiger partial charge in [0.25, 0.3) is 0 Å². The molecule has 2 N–H and O–H groups in total. The third-order valence-electron chi connectivity index (χ3n) is 5.36. The molecule has 2 aromatic rings. The van der Waals surface area contributed by atoms with Crippen molar-refractivity contribution in [1.29, 1.82) is 0 Å². The normalized spacial score (nSPS) is 22.5. The van der Waals surface area contributed by atoms with Crippen molar-refractivity contribution >= 4 is 6.03 Å². The number of nitrogens with zero attached hydrogens (tertiary/aromatic N) is 2. The zero-order valence-electron chi connectivity index (χ0n) is 14.5. The number of ether oxygens (including phenoxy) is 1. The van der Waals surface area contributed by atoms with Crippen LogP contribution in [0.2, 0.25) is 0 Å². The number of urea groups is 1. The molecule has 6 nitrogen and oxygen atoms in total. The van der Waals surface area contributed by atoms with Crippen LogP contribution in [0.5, 0.6) is 5.75 Å². The van der Waals surface area contributed by atoms with E-state index in [9.17, 15) is 4.79 Å². The number of carbonyl (C=O) groups excluding carboxylic acids is 1. The van der Waals surface area contributed by atoms with Gasteiger partial charge in [0.2, 0.25) is 0 Å². The Hall–Kier alpha value is -2.50. The summed E-state index contributed by atoms with van der Waals surface area (Å²) in [5, 5.41) is 3.22. The number of aromatic nitrogens is 2. The summed E-state index contributed by atoms with van der Waals surface area (Å²) in [5.41, 5.74) is 2.41. The van der Waals surface area contributed by atoms with Crippen LogP contribution in [-0.2, 0) is 6.42 Å². The summed E-state index contributed by atoms with van der Waals surface area (Å²) < 4.78 is 5.45. The van der Waals surface area contributed by atoms with Crippen molar-refractivity contribution in [3.63, 3.8) is 0 Å². The number of amides is 2. The number of H-pyrrole nitrogens is 1. The van der Waals surface area contributed by atoms with Crippen LogP contribution in [0.25, 0.3) is 0 Å². The van der Waals surface area contributed by atoms with Gasteiger partial charge in [0.05, 0.1) is 13.2 Å². The average Bonchev–Trinajstić information content (AvgIpc) is 3.32. The molecule has 0 bridgehead atoms. The lowest BCUT2D eigenvalue weighted by Crippen LogP contribution is -2.45. The second-order valence-electron chi connectivity index (χ2n) is 6.83. The van der Waals surface area contributed by atoms with Gasteiger partial charge in [-0.2, -0.15) is 0 Å². The van der Waals surface area contributed by atoms with E-state index in [1.807, 2.05) is 23.2 Å². The number of aromatic amines is 1. The molecule has 0 spiro atoms. The van der Waals surface area contributed by atoms with E-state index >= 15 is 0 Å². The first kappa shape index (κ1) is 16.0. The van der Waals surface area contributed by atoms with Crippen LogP contribution in [0.1, 0.15) is 48.2 Å². The first-order chi connectivity index (χ1) is 12.3. The Labute approximate surface area is 147 Å². The zero-order valence-corrected chi connectivity index (χ0v) is 14.5. The molecule has 2 atom stereocenters. The largest absolute Gasteiger partial charge is 0.496 e. The first-order valence-corrected chi connectivity index (χ1v) is 8.96. The molecular weight excluding hydrogens is 316 g/mol. The predicted molar refractivity (Wildman–Crippen MR) is 94.7 cm³/mol. The summed E-state index contributed by atoms with van der Waals surface area (Å²) >= 11 is 0. The third kappa shape index (κ3) is 3.08. The first-order valence-electron chi connectivity index (χ1n) is 8.96. The number of methoxy groups -OCH3 is 1. The molecule has 6 heteroatoms. The lowest BCUT2D eigenvalue weighted by Gasteiger charge is -2.32. The van der Waals surface area contributed by atoms with Gasteiger partial charge >= 0.3 is 6.03 Å².